The zero-order valence-corrected chi connectivity index (χ0v) is 11.1. The van der Waals surface area contributed by atoms with Gasteiger partial charge < -0.3 is 20.5 Å². The number of amides is 1. The van der Waals surface area contributed by atoms with Gasteiger partial charge in [0.05, 0.1) is 18.8 Å². The molecular formula is C14H20N2O3. The second-order valence-electron chi connectivity index (χ2n) is 4.61. The Kier molecular flexibility index (Phi) is 4.76. The van der Waals surface area contributed by atoms with Gasteiger partial charge in [0, 0.05) is 18.7 Å². The van der Waals surface area contributed by atoms with Crippen molar-refractivity contribution < 1.29 is 14.6 Å². The van der Waals surface area contributed by atoms with Gasteiger partial charge in [0.15, 0.2) is 0 Å². The lowest BCUT2D eigenvalue weighted by molar-refractivity contribution is -0.123. The Morgan fingerprint density at radius 2 is 2.32 bits per heavy atom. The van der Waals surface area contributed by atoms with Crippen molar-refractivity contribution in [3.63, 3.8) is 0 Å². The summed E-state index contributed by atoms with van der Waals surface area (Å²) in [5, 5.41) is 15.2. The Morgan fingerprint density at radius 1 is 1.53 bits per heavy atom. The van der Waals surface area contributed by atoms with Crippen molar-refractivity contribution in [2.24, 2.45) is 0 Å². The van der Waals surface area contributed by atoms with Crippen molar-refractivity contribution in [1.82, 2.24) is 10.6 Å². The number of carbonyl (C=O) groups is 1. The normalized spacial score (nSPS) is 22.2. The number of aliphatic hydroxyl groups is 1. The van der Waals surface area contributed by atoms with Gasteiger partial charge in [-0.05, 0) is 19.4 Å². The lowest BCUT2D eigenvalue weighted by Gasteiger charge is -2.13. The van der Waals surface area contributed by atoms with E-state index in [0.717, 1.165) is 11.3 Å². The minimum Gasteiger partial charge on any atom is -0.494 e. The van der Waals surface area contributed by atoms with Crippen molar-refractivity contribution in [1.29, 1.82) is 0 Å². The molecule has 1 fully saturated rings. The van der Waals surface area contributed by atoms with Gasteiger partial charge in [-0.15, -0.1) is 0 Å². The monoisotopic (exact) mass is 264 g/mol. The average molecular weight is 264 g/mol. The van der Waals surface area contributed by atoms with Crippen molar-refractivity contribution in [3.8, 4) is 5.75 Å². The number of para-hydroxylation sites is 1. The molecule has 0 aliphatic carbocycles. The molecule has 0 radical (unpaired) electrons. The van der Waals surface area contributed by atoms with Gasteiger partial charge in [-0.1, -0.05) is 18.2 Å². The Bertz CT molecular complexity index is 436. The number of carbonyl (C=O) groups excluding carboxylic acids is 1. The van der Waals surface area contributed by atoms with E-state index in [4.69, 9.17) is 4.74 Å². The number of ether oxygens (including phenoxy) is 1. The smallest absolute Gasteiger partial charge is 0.237 e. The highest BCUT2D eigenvalue weighted by molar-refractivity contribution is 5.82. The average Bonchev–Trinajstić information content (AvgIpc) is 2.84. The van der Waals surface area contributed by atoms with E-state index >= 15 is 0 Å². The summed E-state index contributed by atoms with van der Waals surface area (Å²) >= 11 is 0. The Labute approximate surface area is 113 Å². The fourth-order valence-electron chi connectivity index (χ4n) is 2.17. The van der Waals surface area contributed by atoms with Gasteiger partial charge in [0.25, 0.3) is 0 Å². The van der Waals surface area contributed by atoms with E-state index in [1.807, 2.05) is 31.2 Å². The highest BCUT2D eigenvalue weighted by Gasteiger charge is 2.27. The van der Waals surface area contributed by atoms with Gasteiger partial charge in [-0.3, -0.25) is 4.79 Å². The molecule has 19 heavy (non-hydrogen) atoms. The summed E-state index contributed by atoms with van der Waals surface area (Å²) in [6.45, 7) is 3.44. The topological polar surface area (TPSA) is 70.6 Å². The van der Waals surface area contributed by atoms with Crippen molar-refractivity contribution >= 4 is 5.91 Å². The zero-order chi connectivity index (χ0) is 13.7. The van der Waals surface area contributed by atoms with Crippen LogP contribution in [0.2, 0.25) is 0 Å². The van der Waals surface area contributed by atoms with Crippen LogP contribution in [-0.2, 0) is 11.3 Å². The molecule has 0 bridgehead atoms. The van der Waals surface area contributed by atoms with Crippen LogP contribution in [-0.4, -0.2) is 36.3 Å². The molecule has 0 spiro atoms. The number of aliphatic hydroxyl groups excluding tert-OH is 1. The van der Waals surface area contributed by atoms with Gasteiger partial charge in [0.2, 0.25) is 5.91 Å². The molecule has 1 saturated heterocycles. The third-order valence-electron chi connectivity index (χ3n) is 3.15. The molecule has 5 heteroatoms. The molecule has 2 rings (SSSR count). The first-order chi connectivity index (χ1) is 9.20. The van der Waals surface area contributed by atoms with E-state index in [-0.39, 0.29) is 11.9 Å². The van der Waals surface area contributed by atoms with E-state index in [1.54, 1.807) is 0 Å². The van der Waals surface area contributed by atoms with Crippen LogP contribution in [0.25, 0.3) is 0 Å². The van der Waals surface area contributed by atoms with E-state index in [1.165, 1.54) is 0 Å². The Balaban J connectivity index is 1.89. The molecule has 1 aromatic carbocycles. The van der Waals surface area contributed by atoms with Crippen LogP contribution in [0.3, 0.4) is 0 Å². The standard InChI is InChI=1S/C14H20N2O3/c1-2-19-13-6-4-3-5-10(13)8-16-14(18)12-7-11(17)9-15-12/h3-6,11-12,15,17H,2,7-9H2,1H3,(H,16,18)/t11-,12+/m1/s1. The maximum atomic E-state index is 11.9. The largest absolute Gasteiger partial charge is 0.494 e. The molecule has 104 valence electrons. The molecule has 1 heterocycles. The summed E-state index contributed by atoms with van der Waals surface area (Å²) in [7, 11) is 0. The molecule has 1 amide bonds. The van der Waals surface area contributed by atoms with Gasteiger partial charge in [-0.25, -0.2) is 0 Å². The van der Waals surface area contributed by atoms with Gasteiger partial charge >= 0.3 is 0 Å². The number of hydrogen-bond donors (Lipinski definition) is 3. The summed E-state index contributed by atoms with van der Waals surface area (Å²) in [5.74, 6) is 0.715. The van der Waals surface area contributed by atoms with Crippen LogP contribution in [0.5, 0.6) is 5.75 Å². The first-order valence-corrected chi connectivity index (χ1v) is 6.60. The predicted octanol–water partition coefficient (Wildman–Crippen LogP) is 0.424. The lowest BCUT2D eigenvalue weighted by Crippen LogP contribution is -2.40. The molecule has 1 aliphatic heterocycles. The summed E-state index contributed by atoms with van der Waals surface area (Å²) in [6, 6.07) is 7.35. The van der Waals surface area contributed by atoms with Gasteiger partial charge in [0.1, 0.15) is 5.75 Å². The highest BCUT2D eigenvalue weighted by atomic mass is 16.5. The first-order valence-electron chi connectivity index (χ1n) is 6.60. The zero-order valence-electron chi connectivity index (χ0n) is 11.1. The number of hydrogen-bond acceptors (Lipinski definition) is 4. The van der Waals surface area contributed by atoms with Crippen molar-refractivity contribution in [2.45, 2.75) is 32.0 Å². The van der Waals surface area contributed by atoms with Gasteiger partial charge in [-0.2, -0.15) is 0 Å². The fourth-order valence-corrected chi connectivity index (χ4v) is 2.17. The maximum absolute atomic E-state index is 11.9. The van der Waals surface area contributed by atoms with E-state index in [0.29, 0.717) is 26.1 Å². The molecular weight excluding hydrogens is 244 g/mol. The number of benzene rings is 1. The molecule has 1 aliphatic rings. The first kappa shape index (κ1) is 13.8. The third kappa shape index (κ3) is 3.68. The fraction of sp³-hybridized carbons (Fsp3) is 0.500. The lowest BCUT2D eigenvalue weighted by atomic mass is 10.1. The minimum atomic E-state index is -0.425. The van der Waals surface area contributed by atoms with Crippen LogP contribution < -0.4 is 15.4 Å². The molecule has 0 unspecified atom stereocenters. The van der Waals surface area contributed by atoms with Crippen LogP contribution in [0, 0.1) is 0 Å². The molecule has 2 atom stereocenters. The number of β-amino-alcohol motifs (C(OH)–C–C–N with tert-alkyl or cyclic N) is 1. The molecule has 0 saturated carbocycles. The predicted molar refractivity (Wildman–Crippen MR) is 71.9 cm³/mol. The highest BCUT2D eigenvalue weighted by Crippen LogP contribution is 2.17. The summed E-state index contributed by atoms with van der Waals surface area (Å²) < 4.78 is 5.50. The summed E-state index contributed by atoms with van der Waals surface area (Å²) in [5.41, 5.74) is 0.955. The minimum absolute atomic E-state index is 0.0807. The van der Waals surface area contributed by atoms with Crippen molar-refractivity contribution in [2.75, 3.05) is 13.2 Å². The molecule has 5 nitrogen and oxygen atoms in total. The Hall–Kier alpha value is -1.59. The molecule has 0 aromatic heterocycles. The van der Waals surface area contributed by atoms with Crippen LogP contribution in [0.4, 0.5) is 0 Å². The Morgan fingerprint density at radius 3 is 3.00 bits per heavy atom. The van der Waals surface area contributed by atoms with E-state index in [9.17, 15) is 9.90 Å². The number of nitrogens with one attached hydrogen (secondary N) is 2. The van der Waals surface area contributed by atoms with E-state index in [2.05, 4.69) is 10.6 Å². The summed E-state index contributed by atoms with van der Waals surface area (Å²) in [6.07, 6.45) is 0.0466. The van der Waals surface area contributed by atoms with Crippen LogP contribution in [0.1, 0.15) is 18.9 Å². The number of rotatable bonds is 5. The second-order valence-corrected chi connectivity index (χ2v) is 4.61. The second kappa shape index (κ2) is 6.54. The molecule has 3 N–H and O–H groups in total. The van der Waals surface area contributed by atoms with Crippen LogP contribution in [0.15, 0.2) is 24.3 Å². The van der Waals surface area contributed by atoms with Crippen LogP contribution >= 0.6 is 0 Å². The summed E-state index contributed by atoms with van der Waals surface area (Å²) in [4.78, 5) is 11.9. The van der Waals surface area contributed by atoms with Crippen molar-refractivity contribution in [3.05, 3.63) is 29.8 Å². The molecule has 1 aromatic rings. The van der Waals surface area contributed by atoms with E-state index < -0.39 is 6.10 Å². The third-order valence-corrected chi connectivity index (χ3v) is 3.15. The SMILES string of the molecule is CCOc1ccccc1CNC(=O)[C@@H]1C[C@@H](O)CN1. The maximum Gasteiger partial charge on any atom is 0.237 e. The quantitative estimate of drug-likeness (QED) is 0.721.